The van der Waals surface area contributed by atoms with E-state index in [2.05, 4.69) is 10.00 Å². The molecule has 1 N–H and O–H groups in total. The van der Waals surface area contributed by atoms with Crippen molar-refractivity contribution < 1.29 is 23.1 Å². The molecule has 0 bridgehead atoms. The summed E-state index contributed by atoms with van der Waals surface area (Å²) < 4.78 is 38.4. The van der Waals surface area contributed by atoms with Gasteiger partial charge in [-0.15, -0.1) is 0 Å². The average Bonchev–Trinajstić information content (AvgIpc) is 2.94. The van der Waals surface area contributed by atoms with Gasteiger partial charge in [0.1, 0.15) is 5.69 Å². The summed E-state index contributed by atoms with van der Waals surface area (Å²) in [7, 11) is 0. The van der Waals surface area contributed by atoms with E-state index in [9.17, 15) is 18.0 Å². The number of carbonyl (C=O) groups is 1. The molecular weight excluding hydrogens is 263 g/mol. The van der Waals surface area contributed by atoms with Crippen LogP contribution in [0, 0.1) is 0 Å². The van der Waals surface area contributed by atoms with E-state index in [0.29, 0.717) is 12.6 Å². The van der Waals surface area contributed by atoms with Gasteiger partial charge in [0.25, 0.3) is 0 Å². The first-order valence-corrected chi connectivity index (χ1v) is 5.98. The Morgan fingerprint density at radius 3 is 2.47 bits per heavy atom. The summed E-state index contributed by atoms with van der Waals surface area (Å²) in [6.07, 6.45) is -2.49. The van der Waals surface area contributed by atoms with Crippen molar-refractivity contribution in [3.8, 4) is 0 Å². The van der Waals surface area contributed by atoms with E-state index >= 15 is 0 Å². The zero-order valence-electron chi connectivity index (χ0n) is 10.2. The molecular formula is C11H14F3N3O2. The number of nitrogens with zero attached hydrogens (tertiary/aromatic N) is 3. The van der Waals surface area contributed by atoms with Crippen LogP contribution in [0.2, 0.25) is 0 Å². The maximum absolute atomic E-state index is 12.5. The average molecular weight is 277 g/mol. The highest BCUT2D eigenvalue weighted by molar-refractivity contribution is 5.85. The van der Waals surface area contributed by atoms with E-state index in [-0.39, 0.29) is 6.54 Å². The Hall–Kier alpha value is -1.57. The third-order valence-corrected chi connectivity index (χ3v) is 3.12. The zero-order chi connectivity index (χ0) is 14.0. The van der Waals surface area contributed by atoms with Crippen molar-refractivity contribution in [2.24, 2.45) is 0 Å². The Bertz CT molecular complexity index is 464. The van der Waals surface area contributed by atoms with Crippen molar-refractivity contribution in [3.63, 3.8) is 0 Å². The van der Waals surface area contributed by atoms with Gasteiger partial charge in [0, 0.05) is 12.6 Å². The normalized spacial score (nSPS) is 17.0. The van der Waals surface area contributed by atoms with Crippen molar-refractivity contribution in [1.82, 2.24) is 14.7 Å². The minimum Gasteiger partial charge on any atom is -0.477 e. The number of hydrogen-bond acceptors (Lipinski definition) is 3. The highest BCUT2D eigenvalue weighted by Crippen LogP contribution is 2.28. The number of alkyl halides is 3. The van der Waals surface area contributed by atoms with Gasteiger partial charge in [-0.25, -0.2) is 4.79 Å². The van der Waals surface area contributed by atoms with E-state index in [4.69, 9.17) is 5.11 Å². The standard InChI is InChI=1S/C11H14F3N3O2/c12-11(13,14)9-7-8(10(18)19)17(15-9)6-5-16-3-1-2-4-16/h7H,1-6H2,(H,18,19). The summed E-state index contributed by atoms with van der Waals surface area (Å²) in [5.41, 5.74) is -1.59. The monoisotopic (exact) mass is 277 g/mol. The molecule has 0 spiro atoms. The fourth-order valence-electron chi connectivity index (χ4n) is 2.14. The molecule has 0 aromatic carbocycles. The number of rotatable bonds is 4. The highest BCUT2D eigenvalue weighted by atomic mass is 19.4. The van der Waals surface area contributed by atoms with Crippen molar-refractivity contribution >= 4 is 5.97 Å². The van der Waals surface area contributed by atoms with Gasteiger partial charge in [0.05, 0.1) is 6.54 Å². The van der Waals surface area contributed by atoms with Crippen LogP contribution in [0.5, 0.6) is 0 Å². The number of carboxylic acids is 1. The van der Waals surface area contributed by atoms with Gasteiger partial charge >= 0.3 is 12.1 Å². The predicted octanol–water partition coefficient (Wildman–Crippen LogP) is 1.70. The number of carboxylic acid groups (broad SMARTS) is 1. The van der Waals surface area contributed by atoms with Gasteiger partial charge in [0.2, 0.25) is 0 Å². The molecule has 1 fully saturated rings. The summed E-state index contributed by atoms with van der Waals surface area (Å²) in [4.78, 5) is 13.0. The Balaban J connectivity index is 2.13. The van der Waals surface area contributed by atoms with E-state index in [1.807, 2.05) is 0 Å². The quantitative estimate of drug-likeness (QED) is 0.910. The SMILES string of the molecule is O=C(O)c1cc(C(F)(F)F)nn1CCN1CCCC1. The molecule has 19 heavy (non-hydrogen) atoms. The van der Waals surface area contributed by atoms with Crippen LogP contribution in [0.3, 0.4) is 0 Å². The van der Waals surface area contributed by atoms with Crippen molar-refractivity contribution in [2.75, 3.05) is 19.6 Å². The molecule has 0 amide bonds. The van der Waals surface area contributed by atoms with Crippen LogP contribution in [-0.2, 0) is 12.7 Å². The van der Waals surface area contributed by atoms with Gasteiger partial charge in [0.15, 0.2) is 5.69 Å². The molecule has 1 aromatic rings. The molecule has 0 atom stereocenters. The van der Waals surface area contributed by atoms with Crippen LogP contribution in [0.1, 0.15) is 29.0 Å². The van der Waals surface area contributed by atoms with Crippen molar-refractivity contribution in [3.05, 3.63) is 17.5 Å². The number of likely N-dealkylation sites (tertiary alicyclic amines) is 1. The number of aromatic nitrogens is 2. The molecule has 8 heteroatoms. The van der Waals surface area contributed by atoms with Gasteiger partial charge in [-0.2, -0.15) is 18.3 Å². The third kappa shape index (κ3) is 3.25. The van der Waals surface area contributed by atoms with Gasteiger partial charge < -0.3 is 10.0 Å². The summed E-state index contributed by atoms with van der Waals surface area (Å²) in [5.74, 6) is -1.40. The summed E-state index contributed by atoms with van der Waals surface area (Å²) >= 11 is 0. The molecule has 5 nitrogen and oxygen atoms in total. The Morgan fingerprint density at radius 2 is 1.95 bits per heavy atom. The lowest BCUT2D eigenvalue weighted by atomic mass is 10.3. The van der Waals surface area contributed by atoms with Gasteiger partial charge in [-0.3, -0.25) is 4.68 Å². The molecule has 1 aliphatic rings. The lowest BCUT2D eigenvalue weighted by molar-refractivity contribution is -0.141. The topological polar surface area (TPSA) is 58.4 Å². The van der Waals surface area contributed by atoms with Gasteiger partial charge in [-0.1, -0.05) is 0 Å². The number of halogens is 3. The zero-order valence-corrected chi connectivity index (χ0v) is 10.2. The Morgan fingerprint density at radius 1 is 1.32 bits per heavy atom. The molecule has 0 aliphatic carbocycles. The second kappa shape index (κ2) is 5.20. The van der Waals surface area contributed by atoms with Crippen LogP contribution >= 0.6 is 0 Å². The molecule has 0 unspecified atom stereocenters. The smallest absolute Gasteiger partial charge is 0.435 e. The molecule has 106 valence electrons. The maximum atomic E-state index is 12.5. The van der Waals surface area contributed by atoms with E-state index in [1.54, 1.807) is 0 Å². The second-order valence-corrected chi connectivity index (χ2v) is 4.49. The van der Waals surface area contributed by atoms with Crippen molar-refractivity contribution in [1.29, 1.82) is 0 Å². The Labute approximate surface area is 107 Å². The number of aromatic carboxylic acids is 1. The summed E-state index contributed by atoms with van der Waals surface area (Å²) in [5, 5.41) is 12.2. The fourth-order valence-corrected chi connectivity index (χ4v) is 2.14. The van der Waals surface area contributed by atoms with Crippen LogP contribution < -0.4 is 0 Å². The number of hydrogen-bond donors (Lipinski definition) is 1. The first-order valence-electron chi connectivity index (χ1n) is 5.98. The van der Waals surface area contributed by atoms with Gasteiger partial charge in [-0.05, 0) is 25.9 Å². The molecule has 1 saturated heterocycles. The predicted molar refractivity (Wildman–Crippen MR) is 59.9 cm³/mol. The van der Waals surface area contributed by atoms with Crippen LogP contribution in [0.25, 0.3) is 0 Å². The van der Waals surface area contributed by atoms with E-state index < -0.39 is 23.5 Å². The molecule has 2 heterocycles. The highest BCUT2D eigenvalue weighted by Gasteiger charge is 2.35. The molecule has 1 aromatic heterocycles. The van der Waals surface area contributed by atoms with E-state index in [0.717, 1.165) is 30.6 Å². The Kier molecular flexibility index (Phi) is 3.79. The minimum absolute atomic E-state index is 0.151. The largest absolute Gasteiger partial charge is 0.477 e. The fraction of sp³-hybridized carbons (Fsp3) is 0.636. The minimum atomic E-state index is -4.62. The molecule has 0 saturated carbocycles. The summed E-state index contributed by atoms with van der Waals surface area (Å²) in [6, 6.07) is 0.576. The molecule has 0 radical (unpaired) electrons. The molecule has 2 rings (SSSR count). The first-order chi connectivity index (χ1) is 8.88. The first kappa shape index (κ1) is 13.9. The maximum Gasteiger partial charge on any atom is 0.435 e. The third-order valence-electron chi connectivity index (χ3n) is 3.12. The van der Waals surface area contributed by atoms with E-state index in [1.165, 1.54) is 0 Å². The van der Waals surface area contributed by atoms with Crippen molar-refractivity contribution in [2.45, 2.75) is 25.6 Å². The summed E-state index contributed by atoms with van der Waals surface area (Å²) in [6.45, 7) is 2.46. The van der Waals surface area contributed by atoms with Crippen LogP contribution in [-0.4, -0.2) is 45.4 Å². The lowest BCUT2D eigenvalue weighted by Crippen LogP contribution is -2.26. The van der Waals surface area contributed by atoms with Crippen LogP contribution in [0.4, 0.5) is 13.2 Å². The molecule has 1 aliphatic heterocycles. The lowest BCUT2D eigenvalue weighted by Gasteiger charge is -2.14. The second-order valence-electron chi connectivity index (χ2n) is 4.49. The van der Waals surface area contributed by atoms with Crippen LogP contribution in [0.15, 0.2) is 6.07 Å².